The van der Waals surface area contributed by atoms with Crippen LogP contribution in [0.2, 0.25) is 0 Å². The first-order valence-electron chi connectivity index (χ1n) is 9.12. The summed E-state index contributed by atoms with van der Waals surface area (Å²) in [5.74, 6) is 1.27. The van der Waals surface area contributed by atoms with Crippen LogP contribution in [-0.4, -0.2) is 34.7 Å². The van der Waals surface area contributed by atoms with Crippen LogP contribution in [0.15, 0.2) is 48.5 Å². The number of aryl methyl sites for hydroxylation is 1. The van der Waals surface area contributed by atoms with Gasteiger partial charge in [-0.05, 0) is 51.1 Å². The van der Waals surface area contributed by atoms with Crippen molar-refractivity contribution >= 4 is 11.0 Å². The largest absolute Gasteiger partial charge is 0.493 e. The monoisotopic (exact) mass is 373 g/mol. The summed E-state index contributed by atoms with van der Waals surface area (Å²) < 4.78 is 34.1. The fourth-order valence-electron chi connectivity index (χ4n) is 3.17. The van der Waals surface area contributed by atoms with E-state index in [0.717, 1.165) is 28.8 Å². The van der Waals surface area contributed by atoms with E-state index in [4.69, 9.17) is 4.74 Å². The number of alkyl halides is 2. The fraction of sp³-hybridized carbons (Fsp3) is 0.381. The number of imidazole rings is 1. The molecular weight excluding hydrogens is 348 g/mol. The third kappa shape index (κ3) is 4.27. The van der Waals surface area contributed by atoms with E-state index in [1.165, 1.54) is 0 Å². The van der Waals surface area contributed by atoms with Crippen molar-refractivity contribution in [3.63, 3.8) is 0 Å². The first-order valence-corrected chi connectivity index (χ1v) is 9.12. The van der Waals surface area contributed by atoms with E-state index in [2.05, 4.69) is 4.98 Å². The normalized spacial score (nSPS) is 12.9. The first-order chi connectivity index (χ1) is 13.0. The van der Waals surface area contributed by atoms with Crippen LogP contribution in [0, 0.1) is 6.92 Å². The summed E-state index contributed by atoms with van der Waals surface area (Å²) in [7, 11) is 1.92. The Kier molecular flexibility index (Phi) is 6.06. The lowest BCUT2D eigenvalue weighted by Gasteiger charge is -2.25. The van der Waals surface area contributed by atoms with Crippen LogP contribution in [-0.2, 0) is 0 Å². The van der Waals surface area contributed by atoms with Crippen molar-refractivity contribution in [2.24, 2.45) is 0 Å². The van der Waals surface area contributed by atoms with Gasteiger partial charge in [-0.1, -0.05) is 30.3 Å². The van der Waals surface area contributed by atoms with E-state index < -0.39 is 6.55 Å². The van der Waals surface area contributed by atoms with E-state index in [0.29, 0.717) is 23.5 Å². The highest BCUT2D eigenvalue weighted by molar-refractivity contribution is 5.76. The van der Waals surface area contributed by atoms with Crippen LogP contribution in [0.4, 0.5) is 8.78 Å². The van der Waals surface area contributed by atoms with E-state index in [1.807, 2.05) is 56.1 Å². The summed E-state index contributed by atoms with van der Waals surface area (Å²) in [6.45, 7) is 2.60. The lowest BCUT2D eigenvalue weighted by molar-refractivity contribution is 0.0658. The summed E-state index contributed by atoms with van der Waals surface area (Å²) in [6.07, 6.45) is 0.796. The number of aromatic nitrogens is 2. The zero-order chi connectivity index (χ0) is 19.4. The Bertz CT molecular complexity index is 894. The molecule has 27 heavy (non-hydrogen) atoms. The van der Waals surface area contributed by atoms with Crippen LogP contribution in [0.3, 0.4) is 0 Å². The molecule has 1 heterocycles. The number of nitrogens with zero attached hydrogens (tertiary/aromatic N) is 3. The Morgan fingerprint density at radius 1 is 1.11 bits per heavy atom. The van der Waals surface area contributed by atoms with Gasteiger partial charge in [0.25, 0.3) is 0 Å². The minimum absolute atomic E-state index is 0.232. The molecule has 1 unspecified atom stereocenters. The highest BCUT2D eigenvalue weighted by atomic mass is 19.3. The quantitative estimate of drug-likeness (QED) is 0.508. The number of hydrogen-bond donors (Lipinski definition) is 0. The zero-order valence-corrected chi connectivity index (χ0v) is 15.9. The van der Waals surface area contributed by atoms with E-state index in [1.54, 1.807) is 18.2 Å². The predicted molar refractivity (Wildman–Crippen MR) is 103 cm³/mol. The van der Waals surface area contributed by atoms with E-state index in [-0.39, 0.29) is 6.04 Å². The Morgan fingerprint density at radius 3 is 2.56 bits per heavy atom. The third-order valence-electron chi connectivity index (χ3n) is 4.86. The van der Waals surface area contributed by atoms with E-state index in [9.17, 15) is 8.78 Å². The Hall–Kier alpha value is -2.47. The van der Waals surface area contributed by atoms with Crippen molar-refractivity contribution in [2.45, 2.75) is 32.9 Å². The van der Waals surface area contributed by atoms with Gasteiger partial charge in [-0.25, -0.2) is 4.98 Å². The summed E-state index contributed by atoms with van der Waals surface area (Å²) >= 11 is 0. The van der Waals surface area contributed by atoms with Gasteiger partial charge in [0.1, 0.15) is 11.6 Å². The van der Waals surface area contributed by atoms with Gasteiger partial charge in [-0.2, -0.15) is 8.78 Å². The number of rotatable bonds is 8. The average Bonchev–Trinajstić information content (AvgIpc) is 3.05. The maximum atomic E-state index is 13.6. The van der Waals surface area contributed by atoms with Gasteiger partial charge in [-0.3, -0.25) is 9.47 Å². The topological polar surface area (TPSA) is 30.3 Å². The molecule has 0 amide bonds. The number of fused-ring (bicyclic) bond motifs is 1. The molecule has 3 aromatic rings. The number of ether oxygens (including phenoxy) is 1. The highest BCUT2D eigenvalue weighted by Crippen LogP contribution is 2.28. The molecule has 0 aliphatic heterocycles. The molecular formula is C21H25F2N3O. The van der Waals surface area contributed by atoms with Crippen molar-refractivity contribution in [1.29, 1.82) is 0 Å². The Morgan fingerprint density at radius 2 is 1.81 bits per heavy atom. The van der Waals surface area contributed by atoms with E-state index >= 15 is 0 Å². The van der Waals surface area contributed by atoms with Gasteiger partial charge in [0.05, 0.1) is 23.7 Å². The molecule has 144 valence electrons. The zero-order valence-electron chi connectivity index (χ0n) is 15.9. The molecule has 0 radical (unpaired) electrons. The molecule has 0 bridgehead atoms. The second-order valence-corrected chi connectivity index (χ2v) is 6.73. The number of benzene rings is 2. The van der Waals surface area contributed by atoms with Crippen molar-refractivity contribution < 1.29 is 13.5 Å². The Labute approximate surface area is 158 Å². The second kappa shape index (κ2) is 8.48. The predicted octanol–water partition coefficient (Wildman–Crippen LogP) is 5.20. The molecule has 6 heteroatoms. The van der Waals surface area contributed by atoms with Crippen molar-refractivity contribution in [1.82, 2.24) is 14.5 Å². The average molecular weight is 373 g/mol. The molecule has 0 saturated heterocycles. The van der Waals surface area contributed by atoms with Crippen molar-refractivity contribution in [2.75, 3.05) is 20.2 Å². The van der Waals surface area contributed by atoms with Gasteiger partial charge in [0.15, 0.2) is 0 Å². The van der Waals surface area contributed by atoms with Crippen LogP contribution < -0.4 is 4.74 Å². The van der Waals surface area contributed by atoms with Crippen LogP contribution in [0.5, 0.6) is 5.75 Å². The smallest absolute Gasteiger partial charge is 0.320 e. The standard InChI is InChI=1S/C21H25F2N3O/c1-15-9-4-7-12-19(15)27-14-8-13-25(3)16(2)20-24-17-10-5-6-11-18(17)26(20)21(22)23/h4-7,9-12,16,21H,8,13-14H2,1-3H3. The summed E-state index contributed by atoms with van der Waals surface area (Å²) in [5.41, 5.74) is 2.16. The maximum Gasteiger partial charge on any atom is 0.320 e. The molecule has 0 fully saturated rings. The molecule has 3 rings (SSSR count). The molecule has 0 spiro atoms. The van der Waals surface area contributed by atoms with Crippen molar-refractivity contribution in [3.8, 4) is 5.75 Å². The molecule has 0 aliphatic carbocycles. The lowest BCUT2D eigenvalue weighted by atomic mass is 10.2. The molecule has 2 aromatic carbocycles. The van der Waals surface area contributed by atoms with Gasteiger partial charge in [0.2, 0.25) is 0 Å². The summed E-state index contributed by atoms with van der Waals surface area (Å²) in [6, 6.07) is 14.7. The lowest BCUT2D eigenvalue weighted by Crippen LogP contribution is -2.27. The minimum Gasteiger partial charge on any atom is -0.493 e. The van der Waals surface area contributed by atoms with Crippen molar-refractivity contribution in [3.05, 3.63) is 59.9 Å². The fourth-order valence-corrected chi connectivity index (χ4v) is 3.17. The number of halogens is 2. The summed E-state index contributed by atoms with van der Waals surface area (Å²) in [4.78, 5) is 6.48. The van der Waals surface area contributed by atoms with Crippen LogP contribution in [0.25, 0.3) is 11.0 Å². The maximum absolute atomic E-state index is 13.6. The van der Waals surface area contributed by atoms with Gasteiger partial charge in [0, 0.05) is 6.54 Å². The second-order valence-electron chi connectivity index (χ2n) is 6.73. The van der Waals surface area contributed by atoms with Crippen LogP contribution in [0.1, 0.15) is 37.3 Å². The van der Waals surface area contributed by atoms with Gasteiger partial charge >= 0.3 is 6.55 Å². The summed E-state index contributed by atoms with van der Waals surface area (Å²) in [5, 5.41) is 0. The van der Waals surface area contributed by atoms with Gasteiger partial charge in [-0.15, -0.1) is 0 Å². The molecule has 0 aliphatic rings. The highest BCUT2D eigenvalue weighted by Gasteiger charge is 2.23. The van der Waals surface area contributed by atoms with Gasteiger partial charge < -0.3 is 4.74 Å². The molecule has 0 saturated carbocycles. The Balaban J connectivity index is 1.63. The molecule has 1 atom stereocenters. The van der Waals surface area contributed by atoms with Crippen LogP contribution >= 0.6 is 0 Å². The molecule has 0 N–H and O–H groups in total. The molecule has 4 nitrogen and oxygen atoms in total. The third-order valence-corrected chi connectivity index (χ3v) is 4.86. The molecule has 1 aromatic heterocycles. The SMILES string of the molecule is Cc1ccccc1OCCCN(C)C(C)c1nc2ccccc2n1C(F)F. The minimum atomic E-state index is -2.62. The first kappa shape index (κ1) is 19.3. The number of para-hydroxylation sites is 3. The number of hydrogen-bond acceptors (Lipinski definition) is 3.